The lowest BCUT2D eigenvalue weighted by Crippen LogP contribution is -2.45. The van der Waals surface area contributed by atoms with Gasteiger partial charge in [0.15, 0.2) is 0 Å². The van der Waals surface area contributed by atoms with E-state index >= 15 is 0 Å². The number of rotatable bonds is 7. The third-order valence-electron chi connectivity index (χ3n) is 6.73. The third-order valence-corrected chi connectivity index (χ3v) is 8.44. The number of hydrazine groups is 1. The number of benzene rings is 2. The van der Waals surface area contributed by atoms with Gasteiger partial charge in [0.25, 0.3) is 5.91 Å². The molecule has 3 aliphatic rings. The molecule has 1 aliphatic carbocycles. The van der Waals surface area contributed by atoms with Gasteiger partial charge in [0, 0.05) is 41.3 Å². The average molecular weight is 637 g/mol. The molecule has 0 aromatic heterocycles. The molecule has 39 heavy (non-hydrogen) atoms. The van der Waals surface area contributed by atoms with Gasteiger partial charge in [-0.3, -0.25) is 19.9 Å². The lowest BCUT2D eigenvalue weighted by Gasteiger charge is -2.27. The van der Waals surface area contributed by atoms with Gasteiger partial charge in [0.2, 0.25) is 5.91 Å². The molecule has 2 heterocycles. The van der Waals surface area contributed by atoms with Gasteiger partial charge in [-0.15, -0.1) is 23.2 Å². The first-order chi connectivity index (χ1) is 18.5. The Kier molecular flexibility index (Phi) is 8.41. The average Bonchev–Trinajstić information content (AvgIpc) is 3.30. The van der Waals surface area contributed by atoms with E-state index in [9.17, 15) is 14.4 Å². The topological polar surface area (TPSA) is 100 Å². The summed E-state index contributed by atoms with van der Waals surface area (Å²) in [5.41, 5.74) is 3.52. The van der Waals surface area contributed by atoms with Gasteiger partial charge >= 0.3 is 6.09 Å². The highest BCUT2D eigenvalue weighted by Crippen LogP contribution is 2.65. The van der Waals surface area contributed by atoms with Crippen molar-refractivity contribution in [1.29, 1.82) is 0 Å². The van der Waals surface area contributed by atoms with Crippen LogP contribution in [0.15, 0.2) is 36.4 Å². The predicted octanol–water partition coefficient (Wildman–Crippen LogP) is 4.97. The van der Waals surface area contributed by atoms with E-state index in [1.165, 1.54) is 18.2 Å². The van der Waals surface area contributed by atoms with Crippen molar-refractivity contribution < 1.29 is 23.9 Å². The molecule has 1 saturated carbocycles. The maximum Gasteiger partial charge on any atom is 0.429 e. The first kappa shape index (κ1) is 28.5. The number of morpholine rings is 1. The second kappa shape index (κ2) is 11.5. The Labute approximate surface area is 249 Å². The lowest BCUT2D eigenvalue weighted by molar-refractivity contribution is -0.117. The molecule has 2 saturated heterocycles. The largest absolute Gasteiger partial charge is 0.442 e. The van der Waals surface area contributed by atoms with E-state index < -0.39 is 40.2 Å². The number of anilines is 1. The minimum Gasteiger partial charge on any atom is -0.442 e. The zero-order valence-electron chi connectivity index (χ0n) is 20.3. The van der Waals surface area contributed by atoms with Crippen molar-refractivity contribution >= 4 is 81.6 Å². The summed E-state index contributed by atoms with van der Waals surface area (Å²) >= 11 is 31.3. The number of alkyl halides is 2. The highest BCUT2D eigenvalue weighted by atomic mass is 35.5. The Hall–Kier alpha value is -1.98. The number of cyclic esters (lactones) is 1. The van der Waals surface area contributed by atoms with Crippen LogP contribution in [0.3, 0.4) is 0 Å². The number of halogens is 5. The summed E-state index contributed by atoms with van der Waals surface area (Å²) in [6.45, 7) is 3.46. The first-order valence-corrected chi connectivity index (χ1v) is 14.0. The minimum atomic E-state index is -1.36. The number of hydrogen-bond donors (Lipinski definition) is 2. The third kappa shape index (κ3) is 6.35. The summed E-state index contributed by atoms with van der Waals surface area (Å²) < 4.78 is 9.37. The normalized spacial score (nSPS) is 24.3. The number of nitrogens with one attached hydrogen (secondary N) is 2. The van der Waals surface area contributed by atoms with Crippen LogP contribution in [0.4, 0.5) is 10.5 Å². The highest BCUT2D eigenvalue weighted by molar-refractivity contribution is 6.53. The Balaban J connectivity index is 1.22. The standard InChI is InChI=1S/C25H23Cl5N4O5/c26-14-7-13(8-15(27)9-14)20-21(25(20,29)30)23(36)31-16-1-2-19(28)18(10-16)22(35)32-34-12-17(39-24(34)37)11-33-3-5-38-6-4-33/h1-2,7-10,17,20-21H,3-6,11-12H2,(H,31,36)(H,32,35). The predicted molar refractivity (Wildman–Crippen MR) is 149 cm³/mol. The molecule has 0 spiro atoms. The van der Waals surface area contributed by atoms with Crippen molar-refractivity contribution in [3.63, 3.8) is 0 Å². The van der Waals surface area contributed by atoms with E-state index in [2.05, 4.69) is 15.6 Å². The summed E-state index contributed by atoms with van der Waals surface area (Å²) in [6.07, 6.45) is -1.06. The zero-order chi connectivity index (χ0) is 27.9. The van der Waals surface area contributed by atoms with Gasteiger partial charge in [-0.2, -0.15) is 0 Å². The van der Waals surface area contributed by atoms with Crippen LogP contribution in [0.5, 0.6) is 0 Å². The van der Waals surface area contributed by atoms with Gasteiger partial charge in [-0.05, 0) is 42.0 Å². The van der Waals surface area contributed by atoms with E-state index in [0.29, 0.717) is 41.1 Å². The molecule has 2 N–H and O–H groups in total. The van der Waals surface area contributed by atoms with Gasteiger partial charge in [-0.1, -0.05) is 34.8 Å². The van der Waals surface area contributed by atoms with Gasteiger partial charge in [-0.25, -0.2) is 9.80 Å². The quantitative estimate of drug-likeness (QED) is 0.417. The van der Waals surface area contributed by atoms with Crippen molar-refractivity contribution in [1.82, 2.24) is 15.3 Å². The van der Waals surface area contributed by atoms with Crippen LogP contribution >= 0.6 is 58.0 Å². The molecule has 3 atom stereocenters. The van der Waals surface area contributed by atoms with Crippen LogP contribution in [0, 0.1) is 5.92 Å². The van der Waals surface area contributed by atoms with Crippen molar-refractivity contribution in [2.45, 2.75) is 16.4 Å². The monoisotopic (exact) mass is 634 g/mol. The zero-order valence-corrected chi connectivity index (χ0v) is 24.0. The number of nitrogens with zero attached hydrogens (tertiary/aromatic N) is 2. The van der Waals surface area contributed by atoms with Crippen molar-refractivity contribution in [3.8, 4) is 0 Å². The van der Waals surface area contributed by atoms with Crippen LogP contribution in [0.1, 0.15) is 21.8 Å². The molecule has 14 heteroatoms. The molecule has 0 radical (unpaired) electrons. The molecule has 0 bridgehead atoms. The van der Waals surface area contributed by atoms with Crippen LogP contribution in [-0.4, -0.2) is 77.6 Å². The Bertz CT molecular complexity index is 1290. The number of amides is 3. The summed E-state index contributed by atoms with van der Waals surface area (Å²) in [7, 11) is 0. The fourth-order valence-electron chi connectivity index (χ4n) is 4.78. The van der Waals surface area contributed by atoms with Crippen LogP contribution < -0.4 is 10.7 Å². The van der Waals surface area contributed by atoms with E-state index in [0.717, 1.165) is 18.1 Å². The molecular weight excluding hydrogens is 614 g/mol. The van der Waals surface area contributed by atoms with Crippen molar-refractivity contribution in [3.05, 3.63) is 62.6 Å². The van der Waals surface area contributed by atoms with Gasteiger partial charge < -0.3 is 14.8 Å². The van der Waals surface area contributed by atoms with E-state index in [1.54, 1.807) is 18.2 Å². The lowest BCUT2D eigenvalue weighted by atomic mass is 10.1. The Morgan fingerprint density at radius 3 is 2.41 bits per heavy atom. The summed E-state index contributed by atoms with van der Waals surface area (Å²) in [4.78, 5) is 40.5. The molecule has 9 nitrogen and oxygen atoms in total. The molecular formula is C25H23Cl5N4O5. The highest BCUT2D eigenvalue weighted by Gasteiger charge is 2.67. The Morgan fingerprint density at radius 1 is 1.03 bits per heavy atom. The second-order valence-corrected chi connectivity index (χ2v) is 12.2. The van der Waals surface area contributed by atoms with E-state index in [1.807, 2.05) is 0 Å². The molecule has 3 fully saturated rings. The first-order valence-electron chi connectivity index (χ1n) is 12.1. The van der Waals surface area contributed by atoms with Crippen LogP contribution in [-0.2, 0) is 14.3 Å². The SMILES string of the molecule is O=C(NN1CC(CN2CCOCC2)OC1=O)c1cc(NC(=O)C2C(c3cc(Cl)cc(Cl)c3)C2(Cl)Cl)ccc1Cl. The summed E-state index contributed by atoms with van der Waals surface area (Å²) in [6, 6.07) is 9.29. The maximum atomic E-state index is 13.1. The number of ether oxygens (including phenoxy) is 2. The molecule has 2 aromatic rings. The molecule has 208 valence electrons. The smallest absolute Gasteiger partial charge is 0.429 e. The van der Waals surface area contributed by atoms with Gasteiger partial charge in [0.05, 0.1) is 36.3 Å². The molecule has 2 aliphatic heterocycles. The minimum absolute atomic E-state index is 0.0517. The fraction of sp³-hybridized carbons (Fsp3) is 0.400. The van der Waals surface area contributed by atoms with Crippen LogP contribution in [0.25, 0.3) is 0 Å². The fourth-order valence-corrected chi connectivity index (χ4v) is 6.36. The van der Waals surface area contributed by atoms with Crippen LogP contribution in [0.2, 0.25) is 15.1 Å². The van der Waals surface area contributed by atoms with Gasteiger partial charge in [0.1, 0.15) is 10.4 Å². The van der Waals surface area contributed by atoms with Crippen molar-refractivity contribution in [2.75, 3.05) is 44.7 Å². The molecule has 3 unspecified atom stereocenters. The second-order valence-electron chi connectivity index (χ2n) is 9.49. The maximum absolute atomic E-state index is 13.1. The number of carbonyl (C=O) groups excluding carboxylic acids is 3. The molecule has 2 aromatic carbocycles. The number of hydrogen-bond acceptors (Lipinski definition) is 6. The molecule has 3 amide bonds. The number of carbonyl (C=O) groups is 3. The van der Waals surface area contributed by atoms with E-state index in [4.69, 9.17) is 67.5 Å². The van der Waals surface area contributed by atoms with Crippen molar-refractivity contribution in [2.24, 2.45) is 5.92 Å². The van der Waals surface area contributed by atoms with E-state index in [-0.39, 0.29) is 17.1 Å². The summed E-state index contributed by atoms with van der Waals surface area (Å²) in [5, 5.41) is 4.77. The molecule has 5 rings (SSSR count). The summed E-state index contributed by atoms with van der Waals surface area (Å²) in [5.74, 6) is -2.41. The Morgan fingerprint density at radius 2 is 1.72 bits per heavy atom.